The predicted molar refractivity (Wildman–Crippen MR) is 112 cm³/mol. The smallest absolute Gasteiger partial charge is 0.328 e. The minimum atomic E-state index is -3.89. The number of carbonyl (C=O) groups is 1. The van der Waals surface area contributed by atoms with E-state index in [1.165, 1.54) is 35.1 Å². The first-order chi connectivity index (χ1) is 15.2. The lowest BCUT2D eigenvalue weighted by Gasteiger charge is -2.12. The lowest BCUT2D eigenvalue weighted by Crippen LogP contribution is -2.22. The van der Waals surface area contributed by atoms with Gasteiger partial charge in [0.15, 0.2) is 6.04 Å². The Labute approximate surface area is 185 Å². The van der Waals surface area contributed by atoms with E-state index in [-0.39, 0.29) is 17.4 Å². The van der Waals surface area contributed by atoms with Gasteiger partial charge < -0.3 is 9.84 Å². The molecule has 32 heavy (non-hydrogen) atoms. The zero-order valence-corrected chi connectivity index (χ0v) is 17.9. The Morgan fingerprint density at radius 2 is 2.00 bits per heavy atom. The number of carboxylic acid groups (broad SMARTS) is 1. The van der Waals surface area contributed by atoms with E-state index in [0.717, 1.165) is 11.3 Å². The number of carboxylic acids is 1. The number of thiazole rings is 1. The number of aromatic nitrogens is 4. The second-order valence-electron chi connectivity index (χ2n) is 6.82. The SMILES string of the molecule is NS(=O)(=O)c1nc2ccc(OCc3cn([C@@H](Cc4ccc(F)cc4)C(=O)O)nn3)cc2s1. The summed E-state index contributed by atoms with van der Waals surface area (Å²) in [6, 6.07) is 9.39. The van der Waals surface area contributed by atoms with Gasteiger partial charge in [-0.3, -0.25) is 0 Å². The van der Waals surface area contributed by atoms with E-state index in [1.807, 2.05) is 0 Å². The summed E-state index contributed by atoms with van der Waals surface area (Å²) in [5.74, 6) is -1.07. The number of sulfonamides is 1. The van der Waals surface area contributed by atoms with Crippen LogP contribution in [0.4, 0.5) is 4.39 Å². The van der Waals surface area contributed by atoms with Crippen LogP contribution in [0.3, 0.4) is 0 Å². The highest BCUT2D eigenvalue weighted by Crippen LogP contribution is 2.28. The summed E-state index contributed by atoms with van der Waals surface area (Å²) in [6.45, 7) is 0.00917. The molecule has 0 amide bonds. The van der Waals surface area contributed by atoms with Crippen LogP contribution in [0, 0.1) is 5.82 Å². The third kappa shape index (κ3) is 4.90. The highest BCUT2D eigenvalue weighted by molar-refractivity contribution is 7.91. The average Bonchev–Trinajstić information content (AvgIpc) is 3.38. The van der Waals surface area contributed by atoms with Gasteiger partial charge in [-0.05, 0) is 35.9 Å². The van der Waals surface area contributed by atoms with Crippen molar-refractivity contribution in [3.63, 3.8) is 0 Å². The first kappa shape index (κ1) is 21.8. The van der Waals surface area contributed by atoms with Gasteiger partial charge in [0.1, 0.15) is 23.9 Å². The zero-order valence-electron chi connectivity index (χ0n) is 16.3. The molecule has 0 radical (unpaired) electrons. The molecule has 0 aliphatic heterocycles. The van der Waals surface area contributed by atoms with Gasteiger partial charge in [0.25, 0.3) is 10.0 Å². The highest BCUT2D eigenvalue weighted by Gasteiger charge is 2.22. The molecule has 0 aliphatic carbocycles. The molecular formula is C19H16FN5O5S2. The number of hydrogen-bond donors (Lipinski definition) is 2. The third-order valence-corrected chi connectivity index (χ3v) is 6.81. The first-order valence-electron chi connectivity index (χ1n) is 9.13. The quantitative estimate of drug-likeness (QED) is 0.392. The van der Waals surface area contributed by atoms with Gasteiger partial charge in [0, 0.05) is 6.42 Å². The second kappa shape index (κ2) is 8.61. The first-order valence-corrected chi connectivity index (χ1v) is 11.5. The van der Waals surface area contributed by atoms with E-state index >= 15 is 0 Å². The van der Waals surface area contributed by atoms with Crippen molar-refractivity contribution in [2.45, 2.75) is 23.4 Å². The van der Waals surface area contributed by atoms with Crippen molar-refractivity contribution in [1.29, 1.82) is 0 Å². The Morgan fingerprint density at radius 1 is 1.25 bits per heavy atom. The molecule has 0 unspecified atom stereocenters. The van der Waals surface area contributed by atoms with Crippen LogP contribution in [0.5, 0.6) is 5.75 Å². The van der Waals surface area contributed by atoms with Gasteiger partial charge in [0.05, 0.1) is 16.4 Å². The summed E-state index contributed by atoms with van der Waals surface area (Å²) in [5.41, 5.74) is 1.51. The van der Waals surface area contributed by atoms with Crippen molar-refractivity contribution >= 4 is 37.5 Å². The highest BCUT2D eigenvalue weighted by atomic mass is 32.2. The molecule has 13 heteroatoms. The van der Waals surface area contributed by atoms with Crippen LogP contribution in [0.15, 0.2) is 53.0 Å². The molecule has 10 nitrogen and oxygen atoms in total. The summed E-state index contributed by atoms with van der Waals surface area (Å²) >= 11 is 0.928. The van der Waals surface area contributed by atoms with Crippen LogP contribution in [0.1, 0.15) is 17.3 Å². The number of fused-ring (bicyclic) bond motifs is 1. The van der Waals surface area contributed by atoms with E-state index in [9.17, 15) is 22.7 Å². The van der Waals surface area contributed by atoms with Crippen LogP contribution < -0.4 is 9.88 Å². The zero-order chi connectivity index (χ0) is 22.9. The fourth-order valence-electron chi connectivity index (χ4n) is 2.92. The van der Waals surface area contributed by atoms with Crippen LogP contribution >= 0.6 is 11.3 Å². The Balaban J connectivity index is 1.46. The van der Waals surface area contributed by atoms with Gasteiger partial charge in [-0.15, -0.1) is 16.4 Å². The number of nitrogens with two attached hydrogens (primary N) is 1. The van der Waals surface area contributed by atoms with Gasteiger partial charge in [-0.1, -0.05) is 17.3 Å². The molecule has 0 saturated heterocycles. The van der Waals surface area contributed by atoms with E-state index in [2.05, 4.69) is 15.3 Å². The molecule has 3 N–H and O–H groups in total. The van der Waals surface area contributed by atoms with Crippen molar-refractivity contribution in [3.8, 4) is 5.75 Å². The number of benzene rings is 2. The normalized spacial score (nSPS) is 12.7. The molecular weight excluding hydrogens is 461 g/mol. The largest absolute Gasteiger partial charge is 0.487 e. The van der Waals surface area contributed by atoms with Gasteiger partial charge in [-0.2, -0.15) is 0 Å². The van der Waals surface area contributed by atoms with Gasteiger partial charge >= 0.3 is 5.97 Å². The Kier molecular flexibility index (Phi) is 5.86. The number of hydrogen-bond acceptors (Lipinski definition) is 8. The molecule has 4 aromatic rings. The lowest BCUT2D eigenvalue weighted by molar-refractivity contribution is -0.141. The van der Waals surface area contributed by atoms with Crippen LogP contribution in [-0.2, 0) is 27.8 Å². The molecule has 166 valence electrons. The summed E-state index contributed by atoms with van der Waals surface area (Å²) < 4.78 is 43.3. The van der Waals surface area contributed by atoms with Crippen molar-refractivity contribution in [2.75, 3.05) is 0 Å². The number of halogens is 1. The predicted octanol–water partition coefficient (Wildman–Crippen LogP) is 2.12. The number of ether oxygens (including phenoxy) is 1. The molecule has 4 rings (SSSR count). The molecule has 0 bridgehead atoms. The third-order valence-electron chi connectivity index (χ3n) is 4.47. The van der Waals surface area contributed by atoms with Crippen molar-refractivity contribution < 1.29 is 27.4 Å². The second-order valence-corrected chi connectivity index (χ2v) is 9.58. The maximum Gasteiger partial charge on any atom is 0.328 e. The maximum absolute atomic E-state index is 13.1. The molecule has 2 heterocycles. The van der Waals surface area contributed by atoms with Crippen LogP contribution in [0.2, 0.25) is 0 Å². The van der Waals surface area contributed by atoms with E-state index in [0.29, 0.717) is 27.2 Å². The summed E-state index contributed by atoms with van der Waals surface area (Å²) in [5, 5.41) is 22.5. The van der Waals surface area contributed by atoms with E-state index in [1.54, 1.807) is 18.2 Å². The molecule has 2 aromatic carbocycles. The summed E-state index contributed by atoms with van der Waals surface area (Å²) in [4.78, 5) is 15.7. The molecule has 0 spiro atoms. The molecule has 2 aromatic heterocycles. The number of rotatable bonds is 8. The van der Waals surface area contributed by atoms with E-state index in [4.69, 9.17) is 9.88 Å². The standard InChI is InChI=1S/C19H16FN5O5S2/c20-12-3-1-11(2-4-12)7-16(18(26)27)25-9-13(23-24-25)10-30-14-5-6-15-17(8-14)31-19(22-15)32(21,28)29/h1-6,8-9,16H,7,10H2,(H,26,27)(H2,21,28,29)/t16-/m0/s1. The van der Waals surface area contributed by atoms with Gasteiger partial charge in [0.2, 0.25) is 4.34 Å². The van der Waals surface area contributed by atoms with Crippen LogP contribution in [0.25, 0.3) is 10.2 Å². The fraction of sp³-hybridized carbons (Fsp3) is 0.158. The molecule has 0 saturated carbocycles. The molecule has 0 fully saturated rings. The Morgan fingerprint density at radius 3 is 2.69 bits per heavy atom. The van der Waals surface area contributed by atoms with E-state index < -0.39 is 27.9 Å². The molecule has 1 atom stereocenters. The van der Waals surface area contributed by atoms with Crippen molar-refractivity contribution in [2.24, 2.45) is 5.14 Å². The number of primary sulfonamides is 1. The lowest BCUT2D eigenvalue weighted by atomic mass is 10.1. The minimum absolute atomic E-state index is 0.00917. The van der Waals surface area contributed by atoms with Crippen molar-refractivity contribution in [1.82, 2.24) is 20.0 Å². The monoisotopic (exact) mass is 477 g/mol. The number of nitrogens with zero attached hydrogens (tertiary/aromatic N) is 4. The Hall–Kier alpha value is -3.42. The topological polar surface area (TPSA) is 150 Å². The average molecular weight is 477 g/mol. The minimum Gasteiger partial charge on any atom is -0.487 e. The fourth-order valence-corrected chi connectivity index (χ4v) is 4.61. The Bertz CT molecular complexity index is 1380. The van der Waals surface area contributed by atoms with Crippen LogP contribution in [-0.4, -0.2) is 39.5 Å². The van der Waals surface area contributed by atoms with Crippen molar-refractivity contribution in [3.05, 3.63) is 65.7 Å². The maximum atomic E-state index is 13.1. The summed E-state index contributed by atoms with van der Waals surface area (Å²) in [7, 11) is -3.89. The molecule has 0 aliphatic rings. The number of aliphatic carboxylic acids is 1. The summed E-state index contributed by atoms with van der Waals surface area (Å²) in [6.07, 6.45) is 1.57. The van der Waals surface area contributed by atoms with Gasteiger partial charge in [-0.25, -0.2) is 32.4 Å².